The molecule has 106 valence electrons. The molecule has 5 heteroatoms. The largest absolute Gasteiger partial charge is 0.422 e. The van der Waals surface area contributed by atoms with Crippen LogP contribution in [0.5, 0.6) is 0 Å². The molecule has 0 N–H and O–H groups in total. The Kier molecular flexibility index (Phi) is 3.05. The van der Waals surface area contributed by atoms with E-state index in [2.05, 4.69) is 0 Å². The third-order valence-corrected chi connectivity index (χ3v) is 3.15. The van der Waals surface area contributed by atoms with E-state index in [1.165, 1.54) is 12.1 Å². The maximum atomic E-state index is 12.5. The minimum absolute atomic E-state index is 0.343. The lowest BCUT2D eigenvalue weighted by Crippen LogP contribution is -2.04. The molecule has 0 fully saturated rings. The van der Waals surface area contributed by atoms with Crippen molar-refractivity contribution < 1.29 is 22.7 Å². The molecular weight excluding hydrogens is 281 g/mol. The lowest BCUT2D eigenvalue weighted by atomic mass is 10.1. The Hall–Kier alpha value is -2.56. The van der Waals surface area contributed by atoms with E-state index in [-0.39, 0.29) is 0 Å². The first-order valence-electron chi connectivity index (χ1n) is 6.16. The minimum atomic E-state index is -4.36. The molecule has 21 heavy (non-hydrogen) atoms. The summed E-state index contributed by atoms with van der Waals surface area (Å²) in [5, 5.41) is 0. The van der Waals surface area contributed by atoms with E-state index in [1.807, 2.05) is 0 Å². The highest BCUT2D eigenvalue weighted by Gasteiger charge is 2.30. The summed E-state index contributed by atoms with van der Waals surface area (Å²) in [6.07, 6.45) is -2.82. The summed E-state index contributed by atoms with van der Waals surface area (Å²) in [5.74, 6) is -0.112. The van der Waals surface area contributed by atoms with E-state index in [4.69, 9.17) is 4.74 Å². The van der Waals surface area contributed by atoms with Crippen molar-refractivity contribution in [3.63, 3.8) is 0 Å². The van der Waals surface area contributed by atoms with Gasteiger partial charge in [-0.1, -0.05) is 30.3 Å². The van der Waals surface area contributed by atoms with Crippen LogP contribution in [0.2, 0.25) is 0 Å². The van der Waals surface area contributed by atoms with Crippen molar-refractivity contribution in [2.24, 2.45) is 0 Å². The van der Waals surface area contributed by atoms with Gasteiger partial charge in [-0.15, -0.1) is 0 Å². The van der Waals surface area contributed by atoms with Crippen LogP contribution in [0.15, 0.2) is 48.5 Å². The van der Waals surface area contributed by atoms with Crippen molar-refractivity contribution in [2.75, 3.05) is 0 Å². The smallest absolute Gasteiger partial charge is 0.416 e. The molecule has 2 aromatic rings. The van der Waals surface area contributed by atoms with Gasteiger partial charge in [0.25, 0.3) is 0 Å². The Bertz CT molecular complexity index is 728. The third kappa shape index (κ3) is 2.54. The monoisotopic (exact) mass is 290 g/mol. The van der Waals surface area contributed by atoms with E-state index >= 15 is 0 Å². The molecule has 0 saturated carbocycles. The standard InChI is InChI=1S/C16H9F3O2/c17-16(18,19)11-7-5-10(6-8-11)9-14-12-3-1-2-4-13(12)15(20)21-14/h1-9H/b14-9-. The zero-order valence-electron chi connectivity index (χ0n) is 10.6. The van der Waals surface area contributed by atoms with Crippen LogP contribution in [0.4, 0.5) is 13.2 Å². The SMILES string of the molecule is O=C1O/C(=C\c2ccc(C(F)(F)F)cc2)c2ccccc21. The normalized spacial score (nSPS) is 16.0. The first-order valence-corrected chi connectivity index (χ1v) is 6.16. The van der Waals surface area contributed by atoms with Crippen LogP contribution >= 0.6 is 0 Å². The third-order valence-electron chi connectivity index (χ3n) is 3.15. The summed E-state index contributed by atoms with van der Waals surface area (Å²) in [4.78, 5) is 11.6. The average Bonchev–Trinajstić information content (AvgIpc) is 2.76. The van der Waals surface area contributed by atoms with Crippen LogP contribution in [0, 0.1) is 0 Å². The van der Waals surface area contributed by atoms with Crippen molar-refractivity contribution in [3.8, 4) is 0 Å². The maximum absolute atomic E-state index is 12.5. The summed E-state index contributed by atoms with van der Waals surface area (Å²) in [7, 11) is 0. The molecule has 0 amide bonds. The first kappa shape index (κ1) is 13.4. The average molecular weight is 290 g/mol. The highest BCUT2D eigenvalue weighted by Crippen LogP contribution is 2.32. The van der Waals surface area contributed by atoms with Crippen molar-refractivity contribution in [3.05, 3.63) is 70.8 Å². The van der Waals surface area contributed by atoms with Gasteiger partial charge in [0.05, 0.1) is 11.1 Å². The number of benzene rings is 2. The van der Waals surface area contributed by atoms with Gasteiger partial charge < -0.3 is 4.74 Å². The molecule has 0 bridgehead atoms. The lowest BCUT2D eigenvalue weighted by molar-refractivity contribution is -0.137. The van der Waals surface area contributed by atoms with Gasteiger partial charge in [-0.3, -0.25) is 0 Å². The van der Waals surface area contributed by atoms with Crippen LogP contribution < -0.4 is 0 Å². The highest BCUT2D eigenvalue weighted by molar-refractivity contribution is 6.05. The van der Waals surface area contributed by atoms with Gasteiger partial charge in [-0.05, 0) is 29.8 Å². The summed E-state index contributed by atoms with van der Waals surface area (Å²) in [6, 6.07) is 11.5. The van der Waals surface area contributed by atoms with Crippen molar-refractivity contribution in [1.29, 1.82) is 0 Å². The summed E-state index contributed by atoms with van der Waals surface area (Å²) in [5.41, 5.74) is 0.911. The molecule has 0 saturated heterocycles. The number of carbonyl (C=O) groups is 1. The molecule has 0 spiro atoms. The Labute approximate surface area is 118 Å². The molecule has 1 heterocycles. The zero-order valence-corrected chi connectivity index (χ0v) is 10.6. The second kappa shape index (κ2) is 4.77. The van der Waals surface area contributed by atoms with Crippen molar-refractivity contribution in [2.45, 2.75) is 6.18 Å². The van der Waals surface area contributed by atoms with Gasteiger partial charge in [0.15, 0.2) is 0 Å². The van der Waals surface area contributed by atoms with E-state index in [0.29, 0.717) is 22.4 Å². The molecule has 1 aliphatic heterocycles. The minimum Gasteiger partial charge on any atom is -0.422 e. The molecule has 0 aliphatic carbocycles. The predicted molar refractivity (Wildman–Crippen MR) is 71.2 cm³/mol. The molecule has 1 aliphatic rings. The number of fused-ring (bicyclic) bond motifs is 1. The molecular formula is C16H9F3O2. The summed E-state index contributed by atoms with van der Waals surface area (Å²) >= 11 is 0. The number of hydrogen-bond donors (Lipinski definition) is 0. The second-order valence-electron chi connectivity index (χ2n) is 4.56. The molecule has 0 unspecified atom stereocenters. The lowest BCUT2D eigenvalue weighted by Gasteiger charge is -2.06. The first-order chi connectivity index (χ1) is 9.95. The second-order valence-corrected chi connectivity index (χ2v) is 4.56. The van der Waals surface area contributed by atoms with Gasteiger partial charge >= 0.3 is 12.1 Å². The molecule has 0 atom stereocenters. The van der Waals surface area contributed by atoms with Crippen LogP contribution in [-0.2, 0) is 10.9 Å². The maximum Gasteiger partial charge on any atom is 0.416 e. The number of carbonyl (C=O) groups excluding carboxylic acids is 1. The quantitative estimate of drug-likeness (QED) is 0.729. The van der Waals surface area contributed by atoms with E-state index in [9.17, 15) is 18.0 Å². The number of rotatable bonds is 1. The van der Waals surface area contributed by atoms with E-state index in [0.717, 1.165) is 12.1 Å². The summed E-state index contributed by atoms with van der Waals surface area (Å²) < 4.78 is 42.6. The number of hydrogen-bond acceptors (Lipinski definition) is 2. The van der Waals surface area contributed by atoms with Crippen LogP contribution in [0.1, 0.15) is 27.0 Å². The topological polar surface area (TPSA) is 26.3 Å². The predicted octanol–water partition coefficient (Wildman–Crippen LogP) is 4.37. The number of cyclic esters (lactones) is 1. The molecule has 2 aromatic carbocycles. The zero-order chi connectivity index (χ0) is 15.0. The Morgan fingerprint density at radius 1 is 0.905 bits per heavy atom. The number of alkyl halides is 3. The van der Waals surface area contributed by atoms with Crippen LogP contribution in [0.3, 0.4) is 0 Å². The van der Waals surface area contributed by atoms with Gasteiger partial charge in [-0.25, -0.2) is 4.79 Å². The van der Waals surface area contributed by atoms with E-state index < -0.39 is 17.7 Å². The van der Waals surface area contributed by atoms with Gasteiger partial charge in [0, 0.05) is 5.56 Å². The number of ether oxygens (including phenoxy) is 1. The number of halogens is 3. The van der Waals surface area contributed by atoms with E-state index in [1.54, 1.807) is 30.3 Å². The number of esters is 1. The Balaban J connectivity index is 1.95. The van der Waals surface area contributed by atoms with Gasteiger partial charge in [0.2, 0.25) is 0 Å². The molecule has 0 radical (unpaired) electrons. The molecule has 0 aromatic heterocycles. The van der Waals surface area contributed by atoms with Gasteiger partial charge in [-0.2, -0.15) is 13.2 Å². The van der Waals surface area contributed by atoms with Crippen LogP contribution in [0.25, 0.3) is 11.8 Å². The summed E-state index contributed by atoms with van der Waals surface area (Å²) in [6.45, 7) is 0. The highest BCUT2D eigenvalue weighted by atomic mass is 19.4. The van der Waals surface area contributed by atoms with Crippen LogP contribution in [-0.4, -0.2) is 5.97 Å². The van der Waals surface area contributed by atoms with Gasteiger partial charge in [0.1, 0.15) is 5.76 Å². The Morgan fingerprint density at radius 2 is 1.52 bits per heavy atom. The molecule has 2 nitrogen and oxygen atoms in total. The Morgan fingerprint density at radius 3 is 2.14 bits per heavy atom. The fourth-order valence-electron chi connectivity index (χ4n) is 2.11. The molecule has 3 rings (SSSR count). The fourth-order valence-corrected chi connectivity index (χ4v) is 2.11. The fraction of sp³-hybridized carbons (Fsp3) is 0.0625. The van der Waals surface area contributed by atoms with Crippen molar-refractivity contribution >= 4 is 17.8 Å². The van der Waals surface area contributed by atoms with Crippen molar-refractivity contribution in [1.82, 2.24) is 0 Å².